The minimum Gasteiger partial charge on any atom is -0.366 e. The molecule has 2 fully saturated rings. The lowest BCUT2D eigenvalue weighted by Gasteiger charge is -2.26. The Hall–Kier alpha value is -2.84. The fraction of sp³-hybridized carbons (Fsp3) is 0.348. The van der Waals surface area contributed by atoms with Crippen LogP contribution in [0.5, 0.6) is 0 Å². The molecule has 4 rings (SSSR count). The van der Waals surface area contributed by atoms with Gasteiger partial charge in [-0.05, 0) is 55.6 Å². The molecule has 3 heterocycles. The summed E-state index contributed by atoms with van der Waals surface area (Å²) in [5.41, 5.74) is 9.74. The van der Waals surface area contributed by atoms with Gasteiger partial charge in [0.2, 0.25) is 11.9 Å². The second kappa shape index (κ2) is 9.53. The lowest BCUT2D eigenvalue weighted by Crippen LogP contribution is -2.38. The van der Waals surface area contributed by atoms with Crippen LogP contribution in [0.15, 0.2) is 48.1 Å². The van der Waals surface area contributed by atoms with E-state index in [1.54, 1.807) is 24.0 Å². The molecule has 1 aromatic heterocycles. The number of nitrogens with zero attached hydrogens (tertiary/aromatic N) is 3. The molecule has 1 atom stereocenters. The number of rotatable bonds is 6. The number of allylic oxidation sites excluding steroid dienone is 1. The molecule has 2 aliphatic rings. The number of anilines is 1. The van der Waals surface area contributed by atoms with E-state index < -0.39 is 5.91 Å². The van der Waals surface area contributed by atoms with Gasteiger partial charge in [0.05, 0.1) is 16.4 Å². The van der Waals surface area contributed by atoms with Crippen LogP contribution >= 0.6 is 11.8 Å². The minimum atomic E-state index is -0.438. The summed E-state index contributed by atoms with van der Waals surface area (Å²) in [6.07, 6.45) is 4.03. The van der Waals surface area contributed by atoms with Crippen LogP contribution < -0.4 is 16.4 Å². The van der Waals surface area contributed by atoms with Gasteiger partial charge in [-0.3, -0.25) is 4.79 Å². The third-order valence-electron chi connectivity index (χ3n) is 5.62. The third-order valence-corrected chi connectivity index (χ3v) is 6.56. The molecule has 4 N–H and O–H groups in total. The maximum atomic E-state index is 11.7. The molecule has 8 heteroatoms. The zero-order valence-electron chi connectivity index (χ0n) is 17.7. The second-order valence-electron chi connectivity index (χ2n) is 7.77. The van der Waals surface area contributed by atoms with Crippen LogP contribution in [0.3, 0.4) is 0 Å². The standard InChI is InChI=1S/C23H28N6OS/c1-15(17-5-3-6-18(13-17)22(24)30)21(29-11-12-31-16(29)2)20-8-10-26-23(28-20)27-19-7-4-9-25-14-19/h3,5-6,8,10,13,19,25H,2,4,7,9,11-12,14H2,1H3,(H2,24,30)(H,26,27,28)/b21-15+/t19-/m1/s1. The summed E-state index contributed by atoms with van der Waals surface area (Å²) in [7, 11) is 0. The molecule has 0 aliphatic carbocycles. The van der Waals surface area contributed by atoms with Crippen molar-refractivity contribution in [1.82, 2.24) is 20.2 Å². The molecule has 0 saturated carbocycles. The molecule has 162 valence electrons. The van der Waals surface area contributed by atoms with Crippen LogP contribution in [0.1, 0.15) is 41.4 Å². The molecular weight excluding hydrogens is 408 g/mol. The number of amides is 1. The first-order chi connectivity index (χ1) is 15.0. The predicted molar refractivity (Wildman–Crippen MR) is 127 cm³/mol. The Kier molecular flexibility index (Phi) is 6.58. The number of primary amides is 1. The van der Waals surface area contributed by atoms with Gasteiger partial charge >= 0.3 is 0 Å². The van der Waals surface area contributed by atoms with Gasteiger partial charge in [-0.1, -0.05) is 18.7 Å². The molecule has 0 spiro atoms. The van der Waals surface area contributed by atoms with Crippen LogP contribution in [-0.2, 0) is 0 Å². The molecule has 0 radical (unpaired) electrons. The van der Waals surface area contributed by atoms with E-state index in [9.17, 15) is 4.79 Å². The number of nitrogens with one attached hydrogen (secondary N) is 2. The van der Waals surface area contributed by atoms with Gasteiger partial charge in [-0.2, -0.15) is 0 Å². The number of nitrogens with two attached hydrogens (primary N) is 1. The van der Waals surface area contributed by atoms with Crippen molar-refractivity contribution in [2.75, 3.05) is 30.7 Å². The van der Waals surface area contributed by atoms with E-state index in [0.29, 0.717) is 17.6 Å². The van der Waals surface area contributed by atoms with Crippen molar-refractivity contribution >= 4 is 34.9 Å². The topological polar surface area (TPSA) is 96.2 Å². The zero-order chi connectivity index (χ0) is 21.8. The van der Waals surface area contributed by atoms with E-state index >= 15 is 0 Å². The van der Waals surface area contributed by atoms with Gasteiger partial charge < -0.3 is 21.3 Å². The van der Waals surface area contributed by atoms with E-state index in [4.69, 9.17) is 10.7 Å². The number of aromatic nitrogens is 2. The molecule has 1 aromatic carbocycles. The van der Waals surface area contributed by atoms with Crippen molar-refractivity contribution in [1.29, 1.82) is 0 Å². The van der Waals surface area contributed by atoms with Gasteiger partial charge in [0.25, 0.3) is 0 Å². The van der Waals surface area contributed by atoms with Gasteiger partial charge in [-0.15, -0.1) is 11.8 Å². The summed E-state index contributed by atoms with van der Waals surface area (Å²) in [5.74, 6) is 1.16. The van der Waals surface area contributed by atoms with Crippen LogP contribution in [0.25, 0.3) is 11.3 Å². The summed E-state index contributed by atoms with van der Waals surface area (Å²) in [6, 6.07) is 9.65. The first kappa shape index (κ1) is 21.4. The Bertz CT molecular complexity index is 1010. The monoisotopic (exact) mass is 436 g/mol. The van der Waals surface area contributed by atoms with Crippen molar-refractivity contribution in [2.45, 2.75) is 25.8 Å². The Balaban J connectivity index is 1.74. The van der Waals surface area contributed by atoms with E-state index in [1.165, 1.54) is 0 Å². The average Bonchev–Trinajstić information content (AvgIpc) is 3.20. The van der Waals surface area contributed by atoms with Crippen LogP contribution in [-0.4, -0.2) is 52.2 Å². The highest BCUT2D eigenvalue weighted by Crippen LogP contribution is 2.37. The molecule has 1 amide bonds. The van der Waals surface area contributed by atoms with Gasteiger partial charge in [0, 0.05) is 36.6 Å². The first-order valence-electron chi connectivity index (χ1n) is 10.5. The third kappa shape index (κ3) is 4.91. The number of hydrogen-bond donors (Lipinski definition) is 3. The highest BCUT2D eigenvalue weighted by Gasteiger charge is 2.25. The fourth-order valence-electron chi connectivity index (χ4n) is 3.99. The second-order valence-corrected chi connectivity index (χ2v) is 8.93. The van der Waals surface area contributed by atoms with Crippen molar-refractivity contribution in [3.63, 3.8) is 0 Å². The predicted octanol–water partition coefficient (Wildman–Crippen LogP) is 3.15. The maximum absolute atomic E-state index is 11.7. The number of benzene rings is 1. The van der Waals surface area contributed by atoms with Crippen molar-refractivity contribution in [2.24, 2.45) is 5.73 Å². The molecule has 0 unspecified atom stereocenters. The number of carbonyl (C=O) groups is 1. The van der Waals surface area contributed by atoms with Crippen molar-refractivity contribution in [3.05, 3.63) is 65.0 Å². The fourth-order valence-corrected chi connectivity index (χ4v) is 4.83. The summed E-state index contributed by atoms with van der Waals surface area (Å²) in [4.78, 5) is 23.2. The lowest BCUT2D eigenvalue weighted by molar-refractivity contribution is 0.100. The van der Waals surface area contributed by atoms with Gasteiger partial charge in [0.15, 0.2) is 0 Å². The van der Waals surface area contributed by atoms with E-state index in [0.717, 1.165) is 65.8 Å². The Morgan fingerprint density at radius 3 is 2.90 bits per heavy atom. The molecule has 7 nitrogen and oxygen atoms in total. The van der Waals surface area contributed by atoms with Crippen molar-refractivity contribution < 1.29 is 4.79 Å². The maximum Gasteiger partial charge on any atom is 0.248 e. The van der Waals surface area contributed by atoms with E-state index in [2.05, 4.69) is 27.1 Å². The zero-order valence-corrected chi connectivity index (χ0v) is 18.5. The van der Waals surface area contributed by atoms with Crippen molar-refractivity contribution in [3.8, 4) is 0 Å². The smallest absolute Gasteiger partial charge is 0.248 e. The lowest BCUT2D eigenvalue weighted by atomic mass is 10.0. The summed E-state index contributed by atoms with van der Waals surface area (Å²) in [5, 5.41) is 7.87. The van der Waals surface area contributed by atoms with Gasteiger partial charge in [0.1, 0.15) is 0 Å². The number of piperidine rings is 1. The average molecular weight is 437 g/mol. The molecule has 31 heavy (non-hydrogen) atoms. The normalized spacial score (nSPS) is 19.8. The number of hydrogen-bond acceptors (Lipinski definition) is 7. The van der Waals surface area contributed by atoms with Gasteiger partial charge in [-0.25, -0.2) is 9.97 Å². The van der Waals surface area contributed by atoms with Crippen LogP contribution in [0.4, 0.5) is 5.95 Å². The van der Waals surface area contributed by atoms with Crippen LogP contribution in [0.2, 0.25) is 0 Å². The molecule has 2 saturated heterocycles. The Morgan fingerprint density at radius 1 is 1.35 bits per heavy atom. The summed E-state index contributed by atoms with van der Waals surface area (Å²) < 4.78 is 0. The van der Waals surface area contributed by atoms with Crippen LogP contribution in [0, 0.1) is 0 Å². The molecular formula is C23H28N6OS. The largest absolute Gasteiger partial charge is 0.366 e. The van der Waals surface area contributed by atoms with E-state index in [-0.39, 0.29) is 0 Å². The number of carbonyl (C=O) groups excluding carboxylic acids is 1. The quantitative estimate of drug-likeness (QED) is 0.640. The highest BCUT2D eigenvalue weighted by atomic mass is 32.2. The summed E-state index contributed by atoms with van der Waals surface area (Å²) in [6.45, 7) is 9.10. The first-order valence-corrected chi connectivity index (χ1v) is 11.5. The number of thioether (sulfide) groups is 1. The molecule has 2 aliphatic heterocycles. The SMILES string of the molecule is C=C1SCCN1/C(=C(\C)c1cccc(C(N)=O)c1)c1ccnc(N[C@@H]2CCCNC2)n1. The Labute approximate surface area is 187 Å². The summed E-state index contributed by atoms with van der Waals surface area (Å²) >= 11 is 1.74. The molecule has 0 bridgehead atoms. The molecule has 2 aromatic rings. The highest BCUT2D eigenvalue weighted by molar-refractivity contribution is 8.03. The van der Waals surface area contributed by atoms with E-state index in [1.807, 2.05) is 31.2 Å². The Morgan fingerprint density at radius 2 is 2.19 bits per heavy atom. The minimum absolute atomic E-state index is 0.321.